The van der Waals surface area contributed by atoms with Crippen LogP contribution in [0.1, 0.15) is 46.0 Å². The number of hydrogen-bond acceptors (Lipinski definition) is 3. The van der Waals surface area contributed by atoms with Crippen molar-refractivity contribution in [1.29, 1.82) is 5.26 Å². The molecule has 1 aliphatic rings. The largest absolute Gasteiger partial charge is 0.497 e. The van der Waals surface area contributed by atoms with Crippen LogP contribution in [0.15, 0.2) is 24.0 Å². The lowest BCUT2D eigenvalue weighted by molar-refractivity contribution is 0.233. The van der Waals surface area contributed by atoms with Gasteiger partial charge < -0.3 is 9.64 Å². The third kappa shape index (κ3) is 5.79. The fraction of sp³-hybridized carbons (Fsp3) is 0.706. The minimum Gasteiger partial charge on any atom is -0.497 e. The molecule has 0 radical (unpaired) electrons. The van der Waals surface area contributed by atoms with E-state index in [1.54, 1.807) is 7.11 Å². The highest BCUT2D eigenvalue weighted by Crippen LogP contribution is 2.33. The van der Waals surface area contributed by atoms with Crippen LogP contribution >= 0.6 is 0 Å². The van der Waals surface area contributed by atoms with Crippen molar-refractivity contribution in [3.8, 4) is 6.07 Å². The first kappa shape index (κ1) is 16.8. The van der Waals surface area contributed by atoms with Crippen molar-refractivity contribution in [1.82, 2.24) is 4.90 Å². The Morgan fingerprint density at radius 3 is 2.75 bits per heavy atom. The fourth-order valence-electron chi connectivity index (χ4n) is 2.47. The summed E-state index contributed by atoms with van der Waals surface area (Å²) in [5.41, 5.74) is 0.252. The maximum absolute atomic E-state index is 8.55. The van der Waals surface area contributed by atoms with Gasteiger partial charge in [0.2, 0.25) is 0 Å². The van der Waals surface area contributed by atoms with Gasteiger partial charge in [0, 0.05) is 6.42 Å². The van der Waals surface area contributed by atoms with Crippen LogP contribution in [0.3, 0.4) is 0 Å². The SMILES string of the molecule is CCN(CCCCC#N)CCC1(C)C=CC(OC)=CC1. The second-order valence-electron chi connectivity index (χ2n) is 5.80. The lowest BCUT2D eigenvalue weighted by atomic mass is 9.80. The molecule has 0 N–H and O–H groups in total. The van der Waals surface area contributed by atoms with E-state index in [0.717, 1.165) is 44.7 Å². The Labute approximate surface area is 123 Å². The van der Waals surface area contributed by atoms with Crippen LogP contribution in [-0.2, 0) is 4.74 Å². The number of allylic oxidation sites excluding steroid dienone is 3. The minimum atomic E-state index is 0.252. The van der Waals surface area contributed by atoms with E-state index in [9.17, 15) is 0 Å². The van der Waals surface area contributed by atoms with E-state index in [2.05, 4.69) is 43.0 Å². The summed E-state index contributed by atoms with van der Waals surface area (Å²) < 4.78 is 5.24. The van der Waals surface area contributed by atoms with Gasteiger partial charge in [0.05, 0.1) is 13.2 Å². The first-order valence-corrected chi connectivity index (χ1v) is 7.66. The van der Waals surface area contributed by atoms with Crippen molar-refractivity contribution in [3.63, 3.8) is 0 Å². The Kier molecular flexibility index (Phi) is 7.40. The van der Waals surface area contributed by atoms with Crippen LogP contribution in [0, 0.1) is 16.7 Å². The number of ether oxygens (including phenoxy) is 1. The second kappa shape index (κ2) is 8.81. The molecule has 1 aliphatic carbocycles. The molecule has 0 saturated heterocycles. The van der Waals surface area contributed by atoms with Gasteiger partial charge in [0.15, 0.2) is 0 Å². The zero-order chi connectivity index (χ0) is 14.8. The first-order chi connectivity index (χ1) is 9.63. The number of hydrogen-bond donors (Lipinski definition) is 0. The molecule has 0 saturated carbocycles. The Morgan fingerprint density at radius 1 is 1.40 bits per heavy atom. The maximum Gasteiger partial charge on any atom is 0.114 e. The van der Waals surface area contributed by atoms with Crippen molar-refractivity contribution >= 4 is 0 Å². The monoisotopic (exact) mass is 276 g/mol. The molecule has 112 valence electrons. The highest BCUT2D eigenvalue weighted by Gasteiger charge is 2.23. The highest BCUT2D eigenvalue weighted by molar-refractivity contribution is 5.21. The number of rotatable bonds is 9. The van der Waals surface area contributed by atoms with Crippen LogP contribution in [0.2, 0.25) is 0 Å². The molecular weight excluding hydrogens is 248 g/mol. The molecule has 1 rings (SSSR count). The molecule has 0 amide bonds. The normalized spacial score (nSPS) is 21.6. The summed E-state index contributed by atoms with van der Waals surface area (Å²) >= 11 is 0. The molecule has 0 aromatic carbocycles. The lowest BCUT2D eigenvalue weighted by Crippen LogP contribution is -2.30. The average molecular weight is 276 g/mol. The smallest absolute Gasteiger partial charge is 0.114 e. The standard InChI is InChI=1S/C17H28N2O/c1-4-19(14-7-5-6-13-18)15-12-17(2)10-8-16(20-3)9-11-17/h8-10H,4-7,11-12,14-15H2,1-3H3. The van der Waals surface area contributed by atoms with E-state index in [-0.39, 0.29) is 5.41 Å². The van der Waals surface area contributed by atoms with Gasteiger partial charge in [-0.05, 0) is 62.9 Å². The molecule has 3 heteroatoms. The molecule has 0 aromatic rings. The van der Waals surface area contributed by atoms with Gasteiger partial charge in [-0.15, -0.1) is 0 Å². The Hall–Kier alpha value is -1.27. The van der Waals surface area contributed by atoms with Crippen LogP contribution in [0.4, 0.5) is 0 Å². The second-order valence-corrected chi connectivity index (χ2v) is 5.80. The highest BCUT2D eigenvalue weighted by atomic mass is 16.5. The summed E-state index contributed by atoms with van der Waals surface area (Å²) in [6, 6.07) is 2.21. The number of nitrogens with zero attached hydrogens (tertiary/aromatic N) is 2. The van der Waals surface area contributed by atoms with Gasteiger partial charge in [-0.2, -0.15) is 5.26 Å². The number of methoxy groups -OCH3 is 1. The number of nitriles is 1. The molecule has 0 heterocycles. The van der Waals surface area contributed by atoms with Crippen molar-refractivity contribution in [2.75, 3.05) is 26.7 Å². The predicted octanol–water partition coefficient (Wildman–Crippen LogP) is 3.89. The third-order valence-corrected chi connectivity index (χ3v) is 4.11. The molecule has 0 aromatic heterocycles. The summed E-state index contributed by atoms with van der Waals surface area (Å²) in [4.78, 5) is 2.49. The van der Waals surface area contributed by atoms with Crippen molar-refractivity contribution < 1.29 is 4.74 Å². The minimum absolute atomic E-state index is 0.252. The third-order valence-electron chi connectivity index (χ3n) is 4.11. The molecule has 20 heavy (non-hydrogen) atoms. The van der Waals surface area contributed by atoms with Gasteiger partial charge in [-0.25, -0.2) is 0 Å². The molecule has 0 spiro atoms. The van der Waals surface area contributed by atoms with Gasteiger partial charge in [-0.1, -0.05) is 19.9 Å². The topological polar surface area (TPSA) is 36.3 Å². The zero-order valence-electron chi connectivity index (χ0n) is 13.2. The first-order valence-electron chi connectivity index (χ1n) is 7.66. The molecule has 0 bridgehead atoms. The van der Waals surface area contributed by atoms with E-state index >= 15 is 0 Å². The van der Waals surface area contributed by atoms with Crippen molar-refractivity contribution in [3.05, 3.63) is 24.0 Å². The number of unbranched alkanes of at least 4 members (excludes halogenated alkanes) is 2. The van der Waals surface area contributed by atoms with Gasteiger partial charge in [-0.3, -0.25) is 0 Å². The van der Waals surface area contributed by atoms with Gasteiger partial charge >= 0.3 is 0 Å². The van der Waals surface area contributed by atoms with E-state index in [4.69, 9.17) is 10.00 Å². The van der Waals surface area contributed by atoms with Crippen molar-refractivity contribution in [2.24, 2.45) is 5.41 Å². The molecule has 3 nitrogen and oxygen atoms in total. The van der Waals surface area contributed by atoms with E-state index in [0.29, 0.717) is 6.42 Å². The summed E-state index contributed by atoms with van der Waals surface area (Å²) in [6.45, 7) is 7.85. The van der Waals surface area contributed by atoms with Crippen LogP contribution < -0.4 is 0 Å². The van der Waals surface area contributed by atoms with E-state index < -0.39 is 0 Å². The summed E-state index contributed by atoms with van der Waals surface area (Å²) in [5.74, 6) is 0.978. The van der Waals surface area contributed by atoms with Crippen LogP contribution in [0.25, 0.3) is 0 Å². The van der Waals surface area contributed by atoms with Crippen molar-refractivity contribution in [2.45, 2.75) is 46.0 Å². The molecule has 1 unspecified atom stereocenters. The Morgan fingerprint density at radius 2 is 2.20 bits per heavy atom. The Balaban J connectivity index is 2.32. The van der Waals surface area contributed by atoms with Crippen LogP contribution in [-0.4, -0.2) is 31.6 Å². The maximum atomic E-state index is 8.55. The summed E-state index contributed by atoms with van der Waals surface area (Å²) in [5, 5.41) is 8.55. The van der Waals surface area contributed by atoms with E-state index in [1.807, 2.05) is 0 Å². The zero-order valence-corrected chi connectivity index (χ0v) is 13.2. The molecular formula is C17H28N2O. The quantitative estimate of drug-likeness (QED) is 0.599. The van der Waals surface area contributed by atoms with Gasteiger partial charge in [0.1, 0.15) is 5.76 Å². The van der Waals surface area contributed by atoms with E-state index in [1.165, 1.54) is 6.42 Å². The fourth-order valence-corrected chi connectivity index (χ4v) is 2.47. The lowest BCUT2D eigenvalue weighted by Gasteiger charge is -2.31. The average Bonchev–Trinajstić information content (AvgIpc) is 2.47. The summed E-state index contributed by atoms with van der Waals surface area (Å²) in [7, 11) is 1.72. The molecule has 0 fully saturated rings. The predicted molar refractivity (Wildman–Crippen MR) is 83.2 cm³/mol. The summed E-state index contributed by atoms with van der Waals surface area (Å²) in [6.07, 6.45) is 11.6. The Bertz CT molecular complexity index is 381. The molecule has 0 aliphatic heterocycles. The van der Waals surface area contributed by atoms with Crippen LogP contribution in [0.5, 0.6) is 0 Å². The van der Waals surface area contributed by atoms with Gasteiger partial charge in [0.25, 0.3) is 0 Å². The molecule has 1 atom stereocenters.